The number of hydrogen-bond acceptors (Lipinski definition) is 2. The molecule has 0 saturated carbocycles. The molecular formula is C14H25FN2O2. The van der Waals surface area contributed by atoms with Gasteiger partial charge in [0.1, 0.15) is 11.6 Å². The highest BCUT2D eigenvalue weighted by molar-refractivity contribution is 5.99. The molecule has 2 amide bonds. The molecule has 0 bridgehead atoms. The second-order valence-electron chi connectivity index (χ2n) is 5.55. The zero-order valence-electron chi connectivity index (χ0n) is 12.3. The molecule has 0 spiro atoms. The van der Waals surface area contributed by atoms with E-state index in [4.69, 9.17) is 0 Å². The largest absolute Gasteiger partial charge is 0.340 e. The average Bonchev–Trinajstić information content (AvgIpc) is 2.40. The lowest BCUT2D eigenvalue weighted by Gasteiger charge is -2.46. The van der Waals surface area contributed by atoms with Gasteiger partial charge in [-0.15, -0.1) is 0 Å². The molecule has 0 aliphatic carbocycles. The Bertz CT molecular complexity index is 348. The molecule has 3 atom stereocenters. The van der Waals surface area contributed by atoms with Crippen LogP contribution in [0.25, 0.3) is 0 Å². The van der Waals surface area contributed by atoms with Crippen LogP contribution in [0.1, 0.15) is 47.0 Å². The summed E-state index contributed by atoms with van der Waals surface area (Å²) in [5.74, 6) is -0.129. The third-order valence-electron chi connectivity index (χ3n) is 4.16. The van der Waals surface area contributed by atoms with Crippen LogP contribution in [-0.4, -0.2) is 41.5 Å². The Morgan fingerprint density at radius 2 is 2.05 bits per heavy atom. The molecule has 3 unspecified atom stereocenters. The van der Waals surface area contributed by atoms with Gasteiger partial charge in [0, 0.05) is 6.54 Å². The number of hydrogen-bond donors (Lipinski definition) is 1. The molecule has 5 heteroatoms. The lowest BCUT2D eigenvalue weighted by Crippen LogP contribution is -2.70. The van der Waals surface area contributed by atoms with Gasteiger partial charge >= 0.3 is 0 Å². The zero-order valence-corrected chi connectivity index (χ0v) is 12.3. The van der Waals surface area contributed by atoms with E-state index in [0.717, 1.165) is 6.42 Å². The van der Waals surface area contributed by atoms with E-state index in [1.165, 1.54) is 0 Å². The van der Waals surface area contributed by atoms with Gasteiger partial charge in [-0.2, -0.15) is 0 Å². The summed E-state index contributed by atoms with van der Waals surface area (Å²) in [6.45, 7) is 7.39. The van der Waals surface area contributed by atoms with Crippen molar-refractivity contribution in [2.75, 3.05) is 13.2 Å². The number of nitrogens with one attached hydrogen (secondary N) is 1. The normalized spacial score (nSPS) is 29.3. The topological polar surface area (TPSA) is 49.4 Å². The van der Waals surface area contributed by atoms with E-state index in [9.17, 15) is 14.0 Å². The van der Waals surface area contributed by atoms with E-state index in [-0.39, 0.29) is 24.2 Å². The number of piperazine rings is 1. The van der Waals surface area contributed by atoms with Gasteiger partial charge in [0.15, 0.2) is 0 Å². The van der Waals surface area contributed by atoms with Crippen molar-refractivity contribution in [1.29, 1.82) is 0 Å². The minimum atomic E-state index is -0.850. The van der Waals surface area contributed by atoms with Gasteiger partial charge < -0.3 is 10.2 Å². The number of rotatable bonds is 6. The van der Waals surface area contributed by atoms with E-state index in [1.807, 2.05) is 20.8 Å². The number of alkyl halides is 1. The van der Waals surface area contributed by atoms with Crippen molar-refractivity contribution in [2.45, 2.75) is 58.5 Å². The first kappa shape index (κ1) is 15.9. The first-order chi connectivity index (χ1) is 8.91. The van der Waals surface area contributed by atoms with Crippen molar-refractivity contribution in [3.63, 3.8) is 0 Å². The average molecular weight is 272 g/mol. The quantitative estimate of drug-likeness (QED) is 0.802. The van der Waals surface area contributed by atoms with E-state index in [0.29, 0.717) is 13.0 Å². The number of carbonyl (C=O) groups excluding carboxylic acids is 2. The van der Waals surface area contributed by atoms with Crippen LogP contribution in [0, 0.1) is 5.92 Å². The van der Waals surface area contributed by atoms with Crippen LogP contribution in [0.3, 0.4) is 0 Å². The molecule has 1 heterocycles. The van der Waals surface area contributed by atoms with Crippen molar-refractivity contribution in [2.24, 2.45) is 5.92 Å². The molecule has 4 nitrogen and oxygen atoms in total. The minimum absolute atomic E-state index is 0.0740. The summed E-state index contributed by atoms with van der Waals surface area (Å²) in [5.41, 5.74) is -0.850. The summed E-state index contributed by atoms with van der Waals surface area (Å²) >= 11 is 0. The second-order valence-corrected chi connectivity index (χ2v) is 5.55. The number of halogens is 1. The summed E-state index contributed by atoms with van der Waals surface area (Å²) in [5, 5.41) is 2.84. The SMILES string of the molecule is CCC(C)C1C(=O)NC(C)(CC)C(=O)N1CCCF. The smallest absolute Gasteiger partial charge is 0.248 e. The van der Waals surface area contributed by atoms with Gasteiger partial charge in [-0.25, -0.2) is 0 Å². The van der Waals surface area contributed by atoms with Crippen LogP contribution in [0.15, 0.2) is 0 Å². The Morgan fingerprint density at radius 1 is 1.42 bits per heavy atom. The van der Waals surface area contributed by atoms with E-state index in [2.05, 4.69) is 5.32 Å². The molecule has 1 saturated heterocycles. The van der Waals surface area contributed by atoms with E-state index >= 15 is 0 Å². The highest BCUT2D eigenvalue weighted by Gasteiger charge is 2.47. The van der Waals surface area contributed by atoms with Crippen molar-refractivity contribution in [3.05, 3.63) is 0 Å². The fourth-order valence-corrected chi connectivity index (χ4v) is 2.48. The molecular weight excluding hydrogens is 247 g/mol. The molecule has 0 aromatic rings. The number of nitrogens with zero attached hydrogens (tertiary/aromatic N) is 1. The Hall–Kier alpha value is -1.13. The van der Waals surface area contributed by atoms with Crippen LogP contribution in [0.4, 0.5) is 4.39 Å². The maximum atomic E-state index is 12.5. The van der Waals surface area contributed by atoms with Crippen LogP contribution in [0.2, 0.25) is 0 Å². The Morgan fingerprint density at radius 3 is 2.53 bits per heavy atom. The lowest BCUT2D eigenvalue weighted by atomic mass is 9.87. The molecule has 1 N–H and O–H groups in total. The van der Waals surface area contributed by atoms with Crippen molar-refractivity contribution < 1.29 is 14.0 Å². The number of amides is 2. The summed E-state index contributed by atoms with van der Waals surface area (Å²) in [7, 11) is 0. The van der Waals surface area contributed by atoms with E-state index < -0.39 is 18.3 Å². The molecule has 110 valence electrons. The van der Waals surface area contributed by atoms with Gasteiger partial charge in [0.05, 0.1) is 6.67 Å². The summed E-state index contributed by atoms with van der Waals surface area (Å²) < 4.78 is 12.4. The molecule has 0 aromatic carbocycles. The third kappa shape index (κ3) is 3.07. The molecule has 1 fully saturated rings. The van der Waals surface area contributed by atoms with Crippen molar-refractivity contribution in [3.8, 4) is 0 Å². The first-order valence-electron chi connectivity index (χ1n) is 7.10. The predicted octanol–water partition coefficient (Wildman–Crippen LogP) is 1.89. The summed E-state index contributed by atoms with van der Waals surface area (Å²) in [6, 6.07) is -0.469. The highest BCUT2D eigenvalue weighted by Crippen LogP contribution is 2.26. The standard InChI is InChI=1S/C14H25FN2O2/c1-5-10(3)11-12(18)16-14(4,6-2)13(19)17(11)9-7-8-15/h10-11H,5-9H2,1-4H3,(H,16,18). The highest BCUT2D eigenvalue weighted by atomic mass is 19.1. The van der Waals surface area contributed by atoms with Crippen molar-refractivity contribution >= 4 is 11.8 Å². The van der Waals surface area contributed by atoms with Crippen LogP contribution >= 0.6 is 0 Å². The maximum Gasteiger partial charge on any atom is 0.248 e. The van der Waals surface area contributed by atoms with Crippen LogP contribution in [0.5, 0.6) is 0 Å². The Balaban J connectivity index is 3.03. The first-order valence-corrected chi connectivity index (χ1v) is 7.10. The fraction of sp³-hybridized carbons (Fsp3) is 0.857. The molecule has 1 aliphatic heterocycles. The Kier molecular flexibility index (Phi) is 5.32. The molecule has 1 rings (SSSR count). The minimum Gasteiger partial charge on any atom is -0.340 e. The fourth-order valence-electron chi connectivity index (χ4n) is 2.48. The monoisotopic (exact) mass is 272 g/mol. The van der Waals surface area contributed by atoms with Gasteiger partial charge in [-0.05, 0) is 25.7 Å². The van der Waals surface area contributed by atoms with Gasteiger partial charge in [-0.3, -0.25) is 14.0 Å². The molecule has 1 aliphatic rings. The van der Waals surface area contributed by atoms with Crippen LogP contribution < -0.4 is 5.32 Å². The second kappa shape index (κ2) is 6.35. The lowest BCUT2D eigenvalue weighted by molar-refractivity contribution is -0.156. The maximum absolute atomic E-state index is 12.5. The third-order valence-corrected chi connectivity index (χ3v) is 4.16. The summed E-state index contributed by atoms with van der Waals surface area (Å²) in [6.07, 6.45) is 1.63. The van der Waals surface area contributed by atoms with Gasteiger partial charge in [0.25, 0.3) is 0 Å². The summed E-state index contributed by atoms with van der Waals surface area (Å²) in [4.78, 5) is 26.4. The molecule has 0 aromatic heterocycles. The predicted molar refractivity (Wildman–Crippen MR) is 72.4 cm³/mol. The van der Waals surface area contributed by atoms with Gasteiger partial charge in [0.2, 0.25) is 11.8 Å². The zero-order chi connectivity index (χ0) is 14.6. The Labute approximate surface area is 114 Å². The van der Waals surface area contributed by atoms with Gasteiger partial charge in [-0.1, -0.05) is 27.2 Å². The van der Waals surface area contributed by atoms with Crippen molar-refractivity contribution in [1.82, 2.24) is 10.2 Å². The number of carbonyl (C=O) groups is 2. The molecule has 0 radical (unpaired) electrons. The van der Waals surface area contributed by atoms with Crippen LogP contribution in [-0.2, 0) is 9.59 Å². The van der Waals surface area contributed by atoms with E-state index in [1.54, 1.807) is 11.8 Å². The molecule has 19 heavy (non-hydrogen) atoms.